The molecule has 1 saturated heterocycles. The van der Waals surface area contributed by atoms with Crippen LogP contribution >= 0.6 is 11.3 Å². The van der Waals surface area contributed by atoms with Gasteiger partial charge in [0.25, 0.3) is 0 Å². The first-order valence-electron chi connectivity index (χ1n) is 8.99. The number of piperazine rings is 1. The molecule has 0 aliphatic carbocycles. The van der Waals surface area contributed by atoms with Gasteiger partial charge in [0, 0.05) is 38.8 Å². The van der Waals surface area contributed by atoms with E-state index in [4.69, 9.17) is 4.74 Å². The molecule has 6 nitrogen and oxygen atoms in total. The fourth-order valence-corrected chi connectivity index (χ4v) is 5.34. The summed E-state index contributed by atoms with van der Waals surface area (Å²) in [6, 6.07) is 7.15. The van der Waals surface area contributed by atoms with Crippen LogP contribution < -0.4 is 9.46 Å². The highest BCUT2D eigenvalue weighted by molar-refractivity contribution is 7.89. The molecule has 1 aliphatic heterocycles. The standard InChI is InChI=1S/C19H27N3O3S2/c1-15-12-17(25-3)4-5-19(15)27(23,24)20-13-18(16-6-11-26-14-16)22-9-7-21(2)8-10-22/h4-6,11-12,14,18,20H,7-10,13H2,1-3H3/t18-/m1/s1. The highest BCUT2D eigenvalue weighted by Gasteiger charge is 2.26. The highest BCUT2D eigenvalue weighted by Crippen LogP contribution is 2.25. The number of aryl methyl sites for hydroxylation is 1. The van der Waals surface area contributed by atoms with Gasteiger partial charge < -0.3 is 9.64 Å². The van der Waals surface area contributed by atoms with Crippen molar-refractivity contribution in [2.75, 3.05) is 46.9 Å². The van der Waals surface area contributed by atoms with Gasteiger partial charge in [-0.05, 0) is 60.1 Å². The molecule has 148 valence electrons. The van der Waals surface area contributed by atoms with Gasteiger partial charge in [-0.25, -0.2) is 13.1 Å². The maximum atomic E-state index is 12.9. The largest absolute Gasteiger partial charge is 0.497 e. The summed E-state index contributed by atoms with van der Waals surface area (Å²) in [5.74, 6) is 0.653. The number of sulfonamides is 1. The molecule has 0 amide bonds. The normalized spacial score (nSPS) is 17.7. The van der Waals surface area contributed by atoms with Crippen LogP contribution in [0.25, 0.3) is 0 Å². The van der Waals surface area contributed by atoms with Gasteiger partial charge in [0.15, 0.2) is 0 Å². The van der Waals surface area contributed by atoms with E-state index in [1.54, 1.807) is 43.6 Å². The van der Waals surface area contributed by atoms with Crippen LogP contribution in [-0.4, -0.2) is 65.1 Å². The molecule has 8 heteroatoms. The number of hydrogen-bond acceptors (Lipinski definition) is 6. The third kappa shape index (κ3) is 4.89. The van der Waals surface area contributed by atoms with Gasteiger partial charge in [0.1, 0.15) is 5.75 Å². The molecule has 0 radical (unpaired) electrons. The molecule has 1 N–H and O–H groups in total. The van der Waals surface area contributed by atoms with E-state index in [0.717, 1.165) is 26.2 Å². The summed E-state index contributed by atoms with van der Waals surface area (Å²) in [4.78, 5) is 4.96. The maximum Gasteiger partial charge on any atom is 0.240 e. The Kier molecular flexibility index (Phi) is 6.54. The van der Waals surface area contributed by atoms with Crippen LogP contribution in [0.1, 0.15) is 17.2 Å². The van der Waals surface area contributed by atoms with Crippen molar-refractivity contribution in [3.63, 3.8) is 0 Å². The van der Waals surface area contributed by atoms with E-state index in [1.807, 2.05) is 5.38 Å². The summed E-state index contributed by atoms with van der Waals surface area (Å²) in [5.41, 5.74) is 1.84. The van der Waals surface area contributed by atoms with Crippen molar-refractivity contribution in [2.45, 2.75) is 17.9 Å². The monoisotopic (exact) mass is 409 g/mol. The van der Waals surface area contributed by atoms with Gasteiger partial charge >= 0.3 is 0 Å². The molecule has 1 atom stereocenters. The number of benzene rings is 1. The molecule has 2 heterocycles. The van der Waals surface area contributed by atoms with E-state index in [-0.39, 0.29) is 6.04 Å². The van der Waals surface area contributed by atoms with Gasteiger partial charge in [-0.2, -0.15) is 11.3 Å². The zero-order valence-electron chi connectivity index (χ0n) is 16.0. The molecular weight excluding hydrogens is 382 g/mol. The fraction of sp³-hybridized carbons (Fsp3) is 0.474. The fourth-order valence-electron chi connectivity index (χ4n) is 3.37. The molecule has 27 heavy (non-hydrogen) atoms. The van der Waals surface area contributed by atoms with Crippen LogP contribution in [0.4, 0.5) is 0 Å². The second-order valence-electron chi connectivity index (χ2n) is 6.90. The highest BCUT2D eigenvalue weighted by atomic mass is 32.2. The number of thiophene rings is 1. The second kappa shape index (κ2) is 8.70. The first-order chi connectivity index (χ1) is 12.9. The van der Waals surface area contributed by atoms with E-state index in [9.17, 15) is 8.42 Å². The first kappa shape index (κ1) is 20.3. The predicted octanol–water partition coefficient (Wildman–Crippen LogP) is 2.33. The number of nitrogens with one attached hydrogen (secondary N) is 1. The van der Waals surface area contributed by atoms with Crippen LogP contribution in [-0.2, 0) is 10.0 Å². The van der Waals surface area contributed by atoms with Gasteiger partial charge in [-0.3, -0.25) is 4.90 Å². The van der Waals surface area contributed by atoms with E-state index < -0.39 is 10.0 Å². The van der Waals surface area contributed by atoms with E-state index in [1.165, 1.54) is 5.56 Å². The lowest BCUT2D eigenvalue weighted by Gasteiger charge is -2.38. The van der Waals surface area contributed by atoms with Crippen molar-refractivity contribution in [2.24, 2.45) is 0 Å². The number of hydrogen-bond donors (Lipinski definition) is 1. The molecule has 1 aromatic heterocycles. The van der Waals surface area contributed by atoms with Crippen molar-refractivity contribution in [1.82, 2.24) is 14.5 Å². The van der Waals surface area contributed by atoms with Gasteiger partial charge in [-0.15, -0.1) is 0 Å². The third-order valence-electron chi connectivity index (χ3n) is 5.04. The topological polar surface area (TPSA) is 61.9 Å². The average molecular weight is 410 g/mol. The Labute approximate surface area is 165 Å². The Balaban J connectivity index is 1.76. The minimum atomic E-state index is -3.59. The van der Waals surface area contributed by atoms with Crippen molar-refractivity contribution in [3.05, 3.63) is 46.2 Å². The van der Waals surface area contributed by atoms with Crippen molar-refractivity contribution in [1.29, 1.82) is 0 Å². The zero-order valence-corrected chi connectivity index (χ0v) is 17.6. The van der Waals surface area contributed by atoms with Crippen LogP contribution in [0.5, 0.6) is 5.75 Å². The number of ether oxygens (including phenoxy) is 1. The number of methoxy groups -OCH3 is 1. The SMILES string of the molecule is COc1ccc(S(=O)(=O)NC[C@H](c2ccsc2)N2CCN(C)CC2)c(C)c1. The first-order valence-corrected chi connectivity index (χ1v) is 11.4. The van der Waals surface area contributed by atoms with Gasteiger partial charge in [-0.1, -0.05) is 0 Å². The summed E-state index contributed by atoms with van der Waals surface area (Å²) >= 11 is 1.64. The molecule has 1 fully saturated rings. The van der Waals surface area contributed by atoms with Crippen LogP contribution in [0.15, 0.2) is 39.9 Å². The molecule has 0 spiro atoms. The molecular formula is C19H27N3O3S2. The number of rotatable bonds is 7. The summed E-state index contributed by atoms with van der Waals surface area (Å²) in [5, 5.41) is 4.15. The zero-order chi connectivity index (χ0) is 19.4. The molecule has 2 aromatic rings. The molecule has 1 aliphatic rings. The average Bonchev–Trinajstić information content (AvgIpc) is 3.17. The Morgan fingerprint density at radius 2 is 1.96 bits per heavy atom. The Bertz CT molecular complexity index is 845. The molecule has 0 bridgehead atoms. The van der Waals surface area contributed by atoms with Crippen molar-refractivity contribution in [3.8, 4) is 5.75 Å². The lowest BCUT2D eigenvalue weighted by molar-refractivity contribution is 0.113. The van der Waals surface area contributed by atoms with Crippen molar-refractivity contribution >= 4 is 21.4 Å². The molecule has 3 rings (SSSR count). The minimum absolute atomic E-state index is 0.0401. The molecule has 0 saturated carbocycles. The Morgan fingerprint density at radius 1 is 1.22 bits per heavy atom. The van der Waals surface area contributed by atoms with E-state index >= 15 is 0 Å². The summed E-state index contributed by atoms with van der Waals surface area (Å²) in [6.07, 6.45) is 0. The van der Waals surface area contributed by atoms with Gasteiger partial charge in [0.2, 0.25) is 10.0 Å². The number of nitrogens with zero attached hydrogens (tertiary/aromatic N) is 2. The predicted molar refractivity (Wildman–Crippen MR) is 109 cm³/mol. The molecule has 0 unspecified atom stereocenters. The van der Waals surface area contributed by atoms with Crippen LogP contribution in [0.2, 0.25) is 0 Å². The summed E-state index contributed by atoms with van der Waals surface area (Å²) in [6.45, 7) is 5.98. The van der Waals surface area contributed by atoms with Crippen molar-refractivity contribution < 1.29 is 13.2 Å². The quantitative estimate of drug-likeness (QED) is 0.761. The smallest absolute Gasteiger partial charge is 0.240 e. The Hall–Kier alpha value is -1.45. The summed E-state index contributed by atoms with van der Waals surface area (Å²) < 4.78 is 33.8. The lowest BCUT2D eigenvalue weighted by atomic mass is 10.1. The Morgan fingerprint density at radius 3 is 2.56 bits per heavy atom. The van der Waals surface area contributed by atoms with Crippen LogP contribution in [0, 0.1) is 6.92 Å². The van der Waals surface area contributed by atoms with E-state index in [2.05, 4.69) is 33.0 Å². The third-order valence-corrected chi connectivity index (χ3v) is 7.33. The molecule has 1 aromatic carbocycles. The minimum Gasteiger partial charge on any atom is -0.497 e. The summed E-state index contributed by atoms with van der Waals surface area (Å²) in [7, 11) is 0.0985. The second-order valence-corrected chi connectivity index (χ2v) is 9.41. The maximum absolute atomic E-state index is 12.9. The van der Waals surface area contributed by atoms with Gasteiger partial charge in [0.05, 0.1) is 12.0 Å². The lowest BCUT2D eigenvalue weighted by Crippen LogP contribution is -2.48. The number of likely N-dealkylation sites (N-methyl/N-ethyl adjacent to an activating group) is 1. The van der Waals surface area contributed by atoms with E-state index in [0.29, 0.717) is 22.8 Å². The van der Waals surface area contributed by atoms with Crippen LogP contribution in [0.3, 0.4) is 0 Å².